The van der Waals surface area contributed by atoms with Crippen molar-refractivity contribution in [2.75, 3.05) is 5.75 Å². The Balaban J connectivity index is 2.03. The van der Waals surface area contributed by atoms with Crippen molar-refractivity contribution in [2.45, 2.75) is 38.1 Å². The normalized spacial score (nSPS) is 12.4. The summed E-state index contributed by atoms with van der Waals surface area (Å²) in [6.45, 7) is 3.37. The number of non-ortho nitro benzene ring substituents is 1. The number of ketones is 1. The number of aliphatic carboxylic acids is 1. The van der Waals surface area contributed by atoms with Gasteiger partial charge in [-0.05, 0) is 23.6 Å². The van der Waals surface area contributed by atoms with Crippen LogP contribution < -0.4 is 10.6 Å². The number of carbonyl (C=O) groups excluding carboxylic acids is 3. The van der Waals surface area contributed by atoms with Crippen molar-refractivity contribution >= 4 is 41.0 Å². The van der Waals surface area contributed by atoms with Gasteiger partial charge in [0.2, 0.25) is 5.91 Å². The van der Waals surface area contributed by atoms with Gasteiger partial charge >= 0.3 is 5.97 Å². The second-order valence-electron chi connectivity index (χ2n) is 8.10. The van der Waals surface area contributed by atoms with Crippen LogP contribution in [0.4, 0.5) is 5.69 Å². The van der Waals surface area contributed by atoms with Gasteiger partial charge in [-0.3, -0.25) is 29.3 Å². The number of carbonyl (C=O) groups is 4. The molecule has 0 fully saturated rings. The third-order valence-electron chi connectivity index (χ3n) is 5.02. The fourth-order valence-corrected chi connectivity index (χ4v) is 4.05. The Hall–Kier alpha value is -3.73. The number of carboxylic acids is 1. The molecule has 0 spiro atoms. The first-order chi connectivity index (χ1) is 16.6. The summed E-state index contributed by atoms with van der Waals surface area (Å²) in [6.07, 6.45) is -0.586. The van der Waals surface area contributed by atoms with Crippen molar-refractivity contribution < 1.29 is 29.2 Å². The van der Waals surface area contributed by atoms with Crippen LogP contribution in [0.15, 0.2) is 54.6 Å². The number of Topliss-reactive ketones (excluding diaryl/α,β-unsaturated/α-hetero) is 1. The average molecular weight is 502 g/mol. The summed E-state index contributed by atoms with van der Waals surface area (Å²) in [6, 6.07) is 12.0. The van der Waals surface area contributed by atoms with Gasteiger partial charge in [-0.1, -0.05) is 44.2 Å². The summed E-state index contributed by atoms with van der Waals surface area (Å²) in [5, 5.41) is 25.0. The molecule has 35 heavy (non-hydrogen) atoms. The molecule has 3 N–H and O–H groups in total. The van der Waals surface area contributed by atoms with Crippen LogP contribution in [0, 0.1) is 16.0 Å². The minimum absolute atomic E-state index is 0.00855. The van der Waals surface area contributed by atoms with Crippen molar-refractivity contribution in [3.63, 3.8) is 0 Å². The lowest BCUT2D eigenvalue weighted by molar-refractivity contribution is -0.384. The number of nitro groups is 1. The number of nitrogens with one attached hydrogen (secondary N) is 2. The van der Waals surface area contributed by atoms with Gasteiger partial charge in [0.1, 0.15) is 6.04 Å². The molecular formula is C24H27N3O7S. The number of thioether (sulfide) groups is 1. The zero-order valence-electron chi connectivity index (χ0n) is 19.3. The number of hydrogen-bond donors (Lipinski definition) is 3. The van der Waals surface area contributed by atoms with Crippen LogP contribution in [0.3, 0.4) is 0 Å². The first kappa shape index (κ1) is 27.5. The maximum atomic E-state index is 12.9. The van der Waals surface area contributed by atoms with Crippen molar-refractivity contribution in [2.24, 2.45) is 5.92 Å². The van der Waals surface area contributed by atoms with Crippen LogP contribution in [0.5, 0.6) is 0 Å². The van der Waals surface area contributed by atoms with E-state index in [-0.39, 0.29) is 22.9 Å². The molecule has 2 unspecified atom stereocenters. The highest BCUT2D eigenvalue weighted by atomic mass is 32.2. The number of rotatable bonds is 13. The second kappa shape index (κ2) is 13.2. The Morgan fingerprint density at radius 2 is 1.63 bits per heavy atom. The number of nitro benzene ring substituents is 1. The Morgan fingerprint density at radius 3 is 2.17 bits per heavy atom. The average Bonchev–Trinajstić information content (AvgIpc) is 2.82. The summed E-state index contributed by atoms with van der Waals surface area (Å²) in [7, 11) is 0. The molecule has 2 aromatic carbocycles. The van der Waals surface area contributed by atoms with Gasteiger partial charge in [0, 0.05) is 23.4 Å². The summed E-state index contributed by atoms with van der Waals surface area (Å²) in [5.74, 6) is -2.82. The SMILES string of the molecule is CC(C)C(NC(=O)c1ccc([N+](=O)[O-])cc1)C(=O)NC(CC(=O)O)C(=O)CSCc1ccccc1. The van der Waals surface area contributed by atoms with Crippen LogP contribution in [0.2, 0.25) is 0 Å². The van der Waals surface area contributed by atoms with E-state index in [2.05, 4.69) is 10.6 Å². The van der Waals surface area contributed by atoms with E-state index in [4.69, 9.17) is 0 Å². The number of carboxylic acid groups (broad SMARTS) is 1. The molecule has 0 aliphatic rings. The quantitative estimate of drug-likeness (QED) is 0.279. The van der Waals surface area contributed by atoms with Gasteiger partial charge in [-0.25, -0.2) is 0 Å². The maximum Gasteiger partial charge on any atom is 0.305 e. The molecule has 0 bridgehead atoms. The predicted molar refractivity (Wildman–Crippen MR) is 131 cm³/mol. The molecule has 2 atom stereocenters. The number of benzene rings is 2. The maximum absolute atomic E-state index is 12.9. The van der Waals surface area contributed by atoms with Crippen molar-refractivity contribution in [1.29, 1.82) is 0 Å². The molecular weight excluding hydrogens is 474 g/mol. The molecule has 0 aliphatic carbocycles. The third kappa shape index (κ3) is 8.85. The van der Waals surface area contributed by atoms with Crippen molar-refractivity contribution in [3.05, 3.63) is 75.8 Å². The van der Waals surface area contributed by atoms with Crippen LogP contribution in [-0.4, -0.2) is 51.4 Å². The highest BCUT2D eigenvalue weighted by molar-refractivity contribution is 7.99. The zero-order chi connectivity index (χ0) is 26.0. The van der Waals surface area contributed by atoms with E-state index >= 15 is 0 Å². The van der Waals surface area contributed by atoms with Crippen LogP contribution >= 0.6 is 11.8 Å². The minimum Gasteiger partial charge on any atom is -0.481 e. The fraction of sp³-hybridized carbons (Fsp3) is 0.333. The number of amides is 2. The fourth-order valence-electron chi connectivity index (χ4n) is 3.12. The van der Waals surface area contributed by atoms with E-state index in [0.717, 1.165) is 5.56 Å². The van der Waals surface area contributed by atoms with Gasteiger partial charge in [0.05, 0.1) is 23.1 Å². The van der Waals surface area contributed by atoms with Gasteiger partial charge < -0.3 is 15.7 Å². The van der Waals surface area contributed by atoms with Crippen molar-refractivity contribution in [1.82, 2.24) is 10.6 Å². The smallest absolute Gasteiger partial charge is 0.305 e. The lowest BCUT2D eigenvalue weighted by atomic mass is 10.0. The van der Waals surface area contributed by atoms with Gasteiger partial charge in [0.25, 0.3) is 11.6 Å². The van der Waals surface area contributed by atoms with Crippen molar-refractivity contribution in [3.8, 4) is 0 Å². The van der Waals surface area contributed by atoms with E-state index in [1.165, 1.54) is 36.0 Å². The molecule has 0 aromatic heterocycles. The molecule has 0 radical (unpaired) electrons. The molecule has 2 amide bonds. The number of nitrogens with zero attached hydrogens (tertiary/aromatic N) is 1. The molecule has 0 saturated carbocycles. The molecule has 186 valence electrons. The molecule has 10 nitrogen and oxygen atoms in total. The van der Waals surface area contributed by atoms with Crippen LogP contribution in [-0.2, 0) is 20.1 Å². The molecule has 11 heteroatoms. The summed E-state index contributed by atoms with van der Waals surface area (Å²) in [4.78, 5) is 59.7. The molecule has 2 rings (SSSR count). The molecule has 0 aliphatic heterocycles. The molecule has 2 aromatic rings. The van der Waals surface area contributed by atoms with E-state index in [0.29, 0.717) is 5.75 Å². The highest BCUT2D eigenvalue weighted by Crippen LogP contribution is 2.15. The Morgan fingerprint density at radius 1 is 1.00 bits per heavy atom. The van der Waals surface area contributed by atoms with Crippen LogP contribution in [0.25, 0.3) is 0 Å². The first-order valence-corrected chi connectivity index (χ1v) is 12.0. The Bertz CT molecular complexity index is 1060. The van der Waals surface area contributed by atoms with E-state index in [1.54, 1.807) is 13.8 Å². The second-order valence-corrected chi connectivity index (χ2v) is 9.09. The topological polar surface area (TPSA) is 156 Å². The molecule has 0 saturated heterocycles. The summed E-state index contributed by atoms with van der Waals surface area (Å²) >= 11 is 1.31. The molecule has 0 heterocycles. The van der Waals surface area contributed by atoms with E-state index in [9.17, 15) is 34.4 Å². The Labute approximate surface area is 206 Å². The third-order valence-corrected chi connectivity index (χ3v) is 6.04. The standard InChI is InChI=1S/C24H27N3O7S/c1-15(2)22(26-23(31)17-8-10-18(11-9-17)27(33)34)24(32)25-19(12-21(29)30)20(28)14-35-13-16-6-4-3-5-7-16/h3-11,15,19,22H,12-14H2,1-2H3,(H,25,32)(H,26,31)(H,29,30). The van der Waals surface area contributed by atoms with Crippen LogP contribution in [0.1, 0.15) is 36.2 Å². The summed E-state index contributed by atoms with van der Waals surface area (Å²) in [5.41, 5.74) is 0.947. The Kier molecular flexibility index (Phi) is 10.4. The zero-order valence-corrected chi connectivity index (χ0v) is 20.1. The monoisotopic (exact) mass is 501 g/mol. The number of hydrogen-bond acceptors (Lipinski definition) is 7. The predicted octanol–water partition coefficient (Wildman–Crippen LogP) is 2.81. The van der Waals surface area contributed by atoms with Gasteiger partial charge in [0.15, 0.2) is 5.78 Å². The first-order valence-electron chi connectivity index (χ1n) is 10.8. The lowest BCUT2D eigenvalue weighted by Gasteiger charge is -2.24. The largest absolute Gasteiger partial charge is 0.481 e. The summed E-state index contributed by atoms with van der Waals surface area (Å²) < 4.78 is 0. The van der Waals surface area contributed by atoms with E-state index in [1.807, 2.05) is 30.3 Å². The minimum atomic E-state index is -1.25. The van der Waals surface area contributed by atoms with Gasteiger partial charge in [-0.2, -0.15) is 0 Å². The lowest BCUT2D eigenvalue weighted by Crippen LogP contribution is -2.54. The highest BCUT2D eigenvalue weighted by Gasteiger charge is 2.30. The van der Waals surface area contributed by atoms with Gasteiger partial charge in [-0.15, -0.1) is 11.8 Å². The van der Waals surface area contributed by atoms with E-state index < -0.39 is 47.0 Å².